The second-order valence-corrected chi connectivity index (χ2v) is 5.80. The van der Waals surface area contributed by atoms with Gasteiger partial charge in [-0.25, -0.2) is 19.2 Å². The predicted octanol–water partition coefficient (Wildman–Crippen LogP) is 1.70. The maximum absolute atomic E-state index is 10.9. The summed E-state index contributed by atoms with van der Waals surface area (Å²) in [6.45, 7) is 18.1. The molecule has 0 aliphatic rings. The highest BCUT2D eigenvalue weighted by molar-refractivity contribution is 5.87. The molecule has 0 heterocycles. The summed E-state index contributed by atoms with van der Waals surface area (Å²) in [5, 5.41) is 0. The quantitative estimate of drug-likeness (QED) is 0.147. The van der Waals surface area contributed by atoms with E-state index in [1.807, 2.05) is 0 Å². The first-order valence-corrected chi connectivity index (χ1v) is 9.54. The van der Waals surface area contributed by atoms with Crippen molar-refractivity contribution in [2.75, 3.05) is 52.9 Å². The highest BCUT2D eigenvalue weighted by Crippen LogP contribution is 1.93. The number of esters is 4. The van der Waals surface area contributed by atoms with Crippen LogP contribution in [-0.4, -0.2) is 76.7 Å². The van der Waals surface area contributed by atoms with Gasteiger partial charge in [0.1, 0.15) is 26.4 Å². The minimum Gasteiger partial charge on any atom is -0.460 e. The Morgan fingerprint density at radius 3 is 1.09 bits per heavy atom. The Bertz CT molecular complexity index is 597. The summed E-state index contributed by atoms with van der Waals surface area (Å²) in [6, 6.07) is 0. The van der Waals surface area contributed by atoms with E-state index >= 15 is 0 Å². The molecular formula is C22H32O10. The molecule has 0 aromatic carbocycles. The van der Waals surface area contributed by atoms with E-state index in [1.54, 1.807) is 13.8 Å². The Hall–Kier alpha value is -3.24. The van der Waals surface area contributed by atoms with E-state index in [4.69, 9.17) is 18.9 Å². The molecule has 0 amide bonds. The standard InChI is InChI=1S/C12H18O5.C10H14O5/c1-9(2)11(13)16-7-5-15-6-8-17-12(14)10(3)4;1-3-9(11)14-7-5-13-6-8-15-10(12)4-2/h1,3,5-8H2,2,4H3;3-4H,1-2,5-8H2. The lowest BCUT2D eigenvalue weighted by Crippen LogP contribution is -2.14. The van der Waals surface area contributed by atoms with Gasteiger partial charge < -0.3 is 28.4 Å². The van der Waals surface area contributed by atoms with E-state index in [-0.39, 0.29) is 52.9 Å². The summed E-state index contributed by atoms with van der Waals surface area (Å²) < 4.78 is 28.9. The third kappa shape index (κ3) is 21.5. The van der Waals surface area contributed by atoms with Gasteiger partial charge in [-0.2, -0.15) is 0 Å². The summed E-state index contributed by atoms with van der Waals surface area (Å²) in [5.41, 5.74) is 0.695. The Kier molecular flexibility index (Phi) is 20.3. The number of carbonyl (C=O) groups excluding carboxylic acids is 4. The van der Waals surface area contributed by atoms with Crippen LogP contribution in [0.3, 0.4) is 0 Å². The SMILES string of the molecule is C=C(C)C(=O)OCCOCCOC(=O)C(=C)C.C=CC(=O)OCCOCCOC(=O)C=C. The van der Waals surface area contributed by atoms with Crippen LogP contribution in [0, 0.1) is 0 Å². The van der Waals surface area contributed by atoms with Gasteiger partial charge in [0.2, 0.25) is 0 Å². The highest BCUT2D eigenvalue weighted by atomic mass is 16.6. The molecule has 0 spiro atoms. The molecule has 0 fully saturated rings. The van der Waals surface area contributed by atoms with Gasteiger partial charge in [0.05, 0.1) is 26.4 Å². The van der Waals surface area contributed by atoms with Crippen molar-refractivity contribution in [1.82, 2.24) is 0 Å². The van der Waals surface area contributed by atoms with Crippen molar-refractivity contribution in [3.63, 3.8) is 0 Å². The molecule has 0 atom stereocenters. The summed E-state index contributed by atoms with van der Waals surface area (Å²) >= 11 is 0. The molecule has 0 rings (SSSR count). The Morgan fingerprint density at radius 2 is 0.844 bits per heavy atom. The summed E-state index contributed by atoms with van der Waals surface area (Å²) in [7, 11) is 0. The summed E-state index contributed by atoms with van der Waals surface area (Å²) in [6.07, 6.45) is 2.15. The van der Waals surface area contributed by atoms with Crippen molar-refractivity contribution in [2.24, 2.45) is 0 Å². The molecule has 0 saturated heterocycles. The molecule has 0 radical (unpaired) electrons. The molecular weight excluding hydrogens is 424 g/mol. The van der Waals surface area contributed by atoms with Crippen LogP contribution >= 0.6 is 0 Å². The highest BCUT2D eigenvalue weighted by Gasteiger charge is 2.03. The van der Waals surface area contributed by atoms with Crippen LogP contribution in [0.25, 0.3) is 0 Å². The molecule has 0 aromatic heterocycles. The predicted molar refractivity (Wildman–Crippen MR) is 115 cm³/mol. The molecule has 0 aromatic rings. The molecule has 0 aliphatic heterocycles. The molecule has 0 aliphatic carbocycles. The number of carbonyl (C=O) groups is 4. The summed E-state index contributed by atoms with van der Waals surface area (Å²) in [5.74, 6) is -1.86. The molecule has 0 saturated carbocycles. The first-order valence-electron chi connectivity index (χ1n) is 9.54. The molecule has 32 heavy (non-hydrogen) atoms. The summed E-state index contributed by atoms with van der Waals surface area (Å²) in [4.78, 5) is 43.0. The van der Waals surface area contributed by atoms with Gasteiger partial charge in [0, 0.05) is 23.3 Å². The lowest BCUT2D eigenvalue weighted by Gasteiger charge is -2.06. The minimum absolute atomic E-state index is 0.153. The van der Waals surface area contributed by atoms with E-state index in [0.717, 1.165) is 12.2 Å². The average Bonchev–Trinajstić information content (AvgIpc) is 2.77. The largest absolute Gasteiger partial charge is 0.460 e. The van der Waals surface area contributed by atoms with E-state index in [9.17, 15) is 19.2 Å². The van der Waals surface area contributed by atoms with Gasteiger partial charge in [0.15, 0.2) is 0 Å². The lowest BCUT2D eigenvalue weighted by molar-refractivity contribution is -0.143. The van der Waals surface area contributed by atoms with Crippen LogP contribution in [0.2, 0.25) is 0 Å². The zero-order chi connectivity index (χ0) is 24.8. The van der Waals surface area contributed by atoms with Crippen molar-refractivity contribution in [2.45, 2.75) is 13.8 Å². The maximum Gasteiger partial charge on any atom is 0.333 e. The minimum atomic E-state index is -0.489. The van der Waals surface area contributed by atoms with E-state index in [2.05, 4.69) is 35.8 Å². The van der Waals surface area contributed by atoms with Crippen molar-refractivity contribution >= 4 is 23.9 Å². The van der Waals surface area contributed by atoms with Gasteiger partial charge in [0.25, 0.3) is 0 Å². The number of hydrogen-bond acceptors (Lipinski definition) is 10. The topological polar surface area (TPSA) is 124 Å². The maximum atomic E-state index is 10.9. The Balaban J connectivity index is 0. The molecule has 0 unspecified atom stereocenters. The van der Waals surface area contributed by atoms with Crippen LogP contribution in [-0.2, 0) is 47.6 Å². The van der Waals surface area contributed by atoms with Gasteiger partial charge in [-0.05, 0) is 13.8 Å². The van der Waals surface area contributed by atoms with Crippen LogP contribution in [0.1, 0.15) is 13.8 Å². The van der Waals surface area contributed by atoms with Gasteiger partial charge in [-0.1, -0.05) is 26.3 Å². The second-order valence-electron chi connectivity index (χ2n) is 5.80. The molecule has 10 nitrogen and oxygen atoms in total. The van der Waals surface area contributed by atoms with Gasteiger partial charge in [-0.15, -0.1) is 0 Å². The second kappa shape index (κ2) is 21.0. The Morgan fingerprint density at radius 1 is 0.562 bits per heavy atom. The van der Waals surface area contributed by atoms with Crippen LogP contribution < -0.4 is 0 Å². The van der Waals surface area contributed by atoms with E-state index < -0.39 is 23.9 Å². The first kappa shape index (κ1) is 30.9. The van der Waals surface area contributed by atoms with Gasteiger partial charge >= 0.3 is 23.9 Å². The van der Waals surface area contributed by atoms with Crippen molar-refractivity contribution in [3.05, 3.63) is 49.6 Å². The zero-order valence-electron chi connectivity index (χ0n) is 18.7. The fraction of sp³-hybridized carbons (Fsp3) is 0.455. The van der Waals surface area contributed by atoms with Crippen molar-refractivity contribution in [3.8, 4) is 0 Å². The van der Waals surface area contributed by atoms with Gasteiger partial charge in [-0.3, -0.25) is 0 Å². The third-order valence-electron chi connectivity index (χ3n) is 2.90. The Labute approximate surface area is 188 Å². The zero-order valence-corrected chi connectivity index (χ0v) is 18.7. The average molecular weight is 456 g/mol. The monoisotopic (exact) mass is 456 g/mol. The van der Waals surface area contributed by atoms with E-state index in [1.165, 1.54) is 0 Å². The number of hydrogen-bond donors (Lipinski definition) is 0. The number of rotatable bonds is 16. The normalized spacial score (nSPS) is 9.31. The van der Waals surface area contributed by atoms with Crippen LogP contribution in [0.5, 0.6) is 0 Å². The third-order valence-corrected chi connectivity index (χ3v) is 2.90. The molecule has 180 valence electrons. The lowest BCUT2D eigenvalue weighted by atomic mass is 10.4. The molecule has 0 bridgehead atoms. The fourth-order valence-electron chi connectivity index (χ4n) is 1.36. The van der Waals surface area contributed by atoms with Crippen LogP contribution in [0.4, 0.5) is 0 Å². The van der Waals surface area contributed by atoms with Crippen LogP contribution in [0.15, 0.2) is 49.6 Å². The fourth-order valence-corrected chi connectivity index (χ4v) is 1.36. The van der Waals surface area contributed by atoms with E-state index in [0.29, 0.717) is 11.1 Å². The van der Waals surface area contributed by atoms with Crippen molar-refractivity contribution < 1.29 is 47.6 Å². The number of ether oxygens (including phenoxy) is 6. The molecule has 10 heteroatoms. The van der Waals surface area contributed by atoms with Crippen molar-refractivity contribution in [1.29, 1.82) is 0 Å². The molecule has 0 N–H and O–H groups in total. The smallest absolute Gasteiger partial charge is 0.333 e. The first-order chi connectivity index (χ1) is 15.1.